The van der Waals surface area contributed by atoms with Gasteiger partial charge in [0.1, 0.15) is 5.76 Å². The fourth-order valence-corrected chi connectivity index (χ4v) is 1.10. The summed E-state index contributed by atoms with van der Waals surface area (Å²) in [5.41, 5.74) is 5.48. The second-order valence-electron chi connectivity index (χ2n) is 2.68. The molecule has 1 aromatic carbocycles. The maximum atomic E-state index is 13.2. The highest BCUT2D eigenvalue weighted by atomic mass is 19.2. The third-order valence-corrected chi connectivity index (χ3v) is 1.72. The predicted molar refractivity (Wildman–Crippen MR) is 62.8 cm³/mol. The number of nitrogens with two attached hydrogens (primary N) is 1. The summed E-state index contributed by atoms with van der Waals surface area (Å²) in [6, 6.07) is 2.24. The highest BCUT2D eigenvalue weighted by molar-refractivity contribution is 5.70. The molecule has 1 rings (SSSR count). The molecular formula is C12H17F2NO. The first kappa shape index (κ1) is 14.4. The first-order valence-corrected chi connectivity index (χ1v) is 5.13. The van der Waals surface area contributed by atoms with E-state index in [-0.39, 0.29) is 17.0 Å². The standard InChI is InChI=1S/C10H11F2NO.C2H6/c1-3-14-6(2)9-8(13)5-4-7(11)10(9)12;1-2/h4-5H,2-3,13H2,1H3;1-2H3. The highest BCUT2D eigenvalue weighted by Gasteiger charge is 2.15. The Bertz CT molecular complexity index is 364. The number of ether oxygens (including phenoxy) is 1. The van der Waals surface area contributed by atoms with E-state index in [1.165, 1.54) is 6.07 Å². The van der Waals surface area contributed by atoms with Crippen LogP contribution in [0.4, 0.5) is 14.5 Å². The van der Waals surface area contributed by atoms with Gasteiger partial charge in [0, 0.05) is 5.69 Å². The molecule has 0 aliphatic heterocycles. The average Bonchev–Trinajstić information content (AvgIpc) is 2.27. The Morgan fingerprint density at radius 2 is 1.94 bits per heavy atom. The molecule has 2 N–H and O–H groups in total. The van der Waals surface area contributed by atoms with Crippen molar-refractivity contribution in [2.45, 2.75) is 20.8 Å². The van der Waals surface area contributed by atoms with E-state index in [1.807, 2.05) is 13.8 Å². The maximum Gasteiger partial charge on any atom is 0.171 e. The van der Waals surface area contributed by atoms with Crippen LogP contribution in [0.3, 0.4) is 0 Å². The fourth-order valence-electron chi connectivity index (χ4n) is 1.10. The molecule has 1 aromatic rings. The summed E-state index contributed by atoms with van der Waals surface area (Å²) in [6.45, 7) is 9.52. The van der Waals surface area contributed by atoms with Crippen molar-refractivity contribution in [2.24, 2.45) is 0 Å². The Kier molecular flexibility index (Phi) is 6.15. The van der Waals surface area contributed by atoms with Crippen LogP contribution in [0, 0.1) is 11.6 Å². The molecule has 16 heavy (non-hydrogen) atoms. The zero-order valence-corrected chi connectivity index (χ0v) is 9.81. The topological polar surface area (TPSA) is 35.2 Å². The van der Waals surface area contributed by atoms with Gasteiger partial charge in [0.15, 0.2) is 11.6 Å². The molecule has 0 aliphatic rings. The maximum absolute atomic E-state index is 13.2. The van der Waals surface area contributed by atoms with Crippen LogP contribution in [-0.2, 0) is 4.74 Å². The molecule has 0 atom stereocenters. The summed E-state index contributed by atoms with van der Waals surface area (Å²) in [4.78, 5) is 0. The zero-order chi connectivity index (χ0) is 12.7. The molecule has 0 saturated heterocycles. The highest BCUT2D eigenvalue weighted by Crippen LogP contribution is 2.25. The molecule has 0 aliphatic carbocycles. The third-order valence-electron chi connectivity index (χ3n) is 1.72. The largest absolute Gasteiger partial charge is 0.494 e. The van der Waals surface area contributed by atoms with E-state index in [1.54, 1.807) is 6.92 Å². The first-order valence-electron chi connectivity index (χ1n) is 5.13. The van der Waals surface area contributed by atoms with Gasteiger partial charge in [-0.15, -0.1) is 0 Å². The minimum absolute atomic E-state index is 0.0435. The molecule has 2 nitrogen and oxygen atoms in total. The van der Waals surface area contributed by atoms with Gasteiger partial charge in [0.05, 0.1) is 12.2 Å². The van der Waals surface area contributed by atoms with E-state index in [9.17, 15) is 8.78 Å². The summed E-state index contributed by atoms with van der Waals surface area (Å²) in [5, 5.41) is 0. The minimum atomic E-state index is -1.02. The molecule has 0 aromatic heterocycles. The SMILES string of the molecule is C=C(OCC)c1c(N)ccc(F)c1F.CC. The van der Waals surface area contributed by atoms with Crippen molar-refractivity contribution in [1.29, 1.82) is 0 Å². The smallest absolute Gasteiger partial charge is 0.171 e. The number of hydrogen-bond donors (Lipinski definition) is 1. The quantitative estimate of drug-likeness (QED) is 0.635. The lowest BCUT2D eigenvalue weighted by atomic mass is 10.1. The molecule has 90 valence electrons. The van der Waals surface area contributed by atoms with Crippen LogP contribution < -0.4 is 5.73 Å². The van der Waals surface area contributed by atoms with E-state index in [4.69, 9.17) is 10.5 Å². The predicted octanol–water partition coefficient (Wildman–Crippen LogP) is 3.58. The van der Waals surface area contributed by atoms with Gasteiger partial charge in [-0.1, -0.05) is 20.4 Å². The number of benzene rings is 1. The molecule has 4 heteroatoms. The van der Waals surface area contributed by atoms with Gasteiger partial charge in [-0.2, -0.15) is 0 Å². The van der Waals surface area contributed by atoms with Crippen LogP contribution in [0.2, 0.25) is 0 Å². The summed E-state index contributed by atoms with van der Waals surface area (Å²) in [6.07, 6.45) is 0. The zero-order valence-electron chi connectivity index (χ0n) is 9.81. The van der Waals surface area contributed by atoms with Crippen molar-refractivity contribution in [2.75, 3.05) is 12.3 Å². The Morgan fingerprint density at radius 3 is 2.44 bits per heavy atom. The fraction of sp³-hybridized carbons (Fsp3) is 0.333. The average molecular weight is 229 g/mol. The van der Waals surface area contributed by atoms with Crippen molar-refractivity contribution in [3.8, 4) is 0 Å². The Hall–Kier alpha value is -1.58. The van der Waals surface area contributed by atoms with Gasteiger partial charge in [-0.05, 0) is 19.1 Å². The van der Waals surface area contributed by atoms with Crippen LogP contribution in [-0.4, -0.2) is 6.61 Å². The third kappa shape index (κ3) is 3.22. The summed E-state index contributed by atoms with van der Waals surface area (Å²) in [5.74, 6) is -1.94. The van der Waals surface area contributed by atoms with Gasteiger partial charge >= 0.3 is 0 Å². The molecule has 0 heterocycles. The van der Waals surface area contributed by atoms with Crippen molar-refractivity contribution in [3.05, 3.63) is 35.9 Å². The number of hydrogen-bond acceptors (Lipinski definition) is 2. The van der Waals surface area contributed by atoms with E-state index in [0.717, 1.165) is 6.07 Å². The number of anilines is 1. The monoisotopic (exact) mass is 229 g/mol. The summed E-state index contributed by atoms with van der Waals surface area (Å²) in [7, 11) is 0. The minimum Gasteiger partial charge on any atom is -0.494 e. The van der Waals surface area contributed by atoms with E-state index >= 15 is 0 Å². The Morgan fingerprint density at radius 1 is 1.38 bits per heavy atom. The van der Waals surface area contributed by atoms with Crippen LogP contribution in [0.5, 0.6) is 0 Å². The van der Waals surface area contributed by atoms with Crippen LogP contribution >= 0.6 is 0 Å². The van der Waals surface area contributed by atoms with Crippen LogP contribution in [0.15, 0.2) is 18.7 Å². The normalized spacial score (nSPS) is 9.06. The molecule has 0 fully saturated rings. The van der Waals surface area contributed by atoms with Crippen molar-refractivity contribution in [1.82, 2.24) is 0 Å². The van der Waals surface area contributed by atoms with E-state index in [2.05, 4.69) is 6.58 Å². The second kappa shape index (κ2) is 6.82. The van der Waals surface area contributed by atoms with Gasteiger partial charge in [0.2, 0.25) is 0 Å². The summed E-state index contributed by atoms with van der Waals surface area (Å²) < 4.78 is 31.0. The van der Waals surface area contributed by atoms with Gasteiger partial charge in [-0.25, -0.2) is 8.78 Å². The van der Waals surface area contributed by atoms with Crippen molar-refractivity contribution < 1.29 is 13.5 Å². The molecule has 0 saturated carbocycles. The van der Waals surface area contributed by atoms with Gasteiger partial charge in [0.25, 0.3) is 0 Å². The molecular weight excluding hydrogens is 212 g/mol. The number of nitrogen functional groups attached to an aromatic ring is 1. The number of halogens is 2. The Labute approximate surface area is 94.7 Å². The lowest BCUT2D eigenvalue weighted by molar-refractivity contribution is 0.297. The molecule has 0 radical (unpaired) electrons. The second-order valence-corrected chi connectivity index (χ2v) is 2.68. The number of rotatable bonds is 3. The van der Waals surface area contributed by atoms with Gasteiger partial charge < -0.3 is 10.5 Å². The van der Waals surface area contributed by atoms with E-state index < -0.39 is 11.6 Å². The lowest BCUT2D eigenvalue weighted by Crippen LogP contribution is -2.02. The molecule has 0 bridgehead atoms. The van der Waals surface area contributed by atoms with Crippen LogP contribution in [0.1, 0.15) is 26.3 Å². The van der Waals surface area contributed by atoms with Crippen molar-refractivity contribution in [3.63, 3.8) is 0 Å². The lowest BCUT2D eigenvalue weighted by Gasteiger charge is -2.10. The molecule has 0 spiro atoms. The summed E-state index contributed by atoms with van der Waals surface area (Å²) >= 11 is 0. The van der Waals surface area contributed by atoms with Crippen molar-refractivity contribution >= 4 is 11.4 Å². The first-order chi connectivity index (χ1) is 7.57. The van der Waals surface area contributed by atoms with E-state index in [0.29, 0.717) is 6.61 Å². The van der Waals surface area contributed by atoms with Crippen LogP contribution in [0.25, 0.3) is 5.76 Å². The molecule has 0 unspecified atom stereocenters. The van der Waals surface area contributed by atoms with Gasteiger partial charge in [-0.3, -0.25) is 0 Å². The molecule has 0 amide bonds. The Balaban J connectivity index is 0.00000106.